The Morgan fingerprint density at radius 3 is 2.88 bits per heavy atom. The van der Waals surface area contributed by atoms with Gasteiger partial charge in [0, 0.05) is 17.8 Å². The van der Waals surface area contributed by atoms with Gasteiger partial charge in [0.2, 0.25) is 5.95 Å². The summed E-state index contributed by atoms with van der Waals surface area (Å²) in [6.45, 7) is 2.25. The maximum absolute atomic E-state index is 12.6. The van der Waals surface area contributed by atoms with E-state index in [1.807, 2.05) is 29.8 Å². The summed E-state index contributed by atoms with van der Waals surface area (Å²) in [5.41, 5.74) is 8.34. The van der Waals surface area contributed by atoms with Crippen molar-refractivity contribution >= 4 is 28.8 Å². The lowest BCUT2D eigenvalue weighted by atomic mass is 9.84. The molecule has 3 aromatic rings. The van der Waals surface area contributed by atoms with Crippen LogP contribution in [-0.2, 0) is 0 Å². The summed E-state index contributed by atoms with van der Waals surface area (Å²) in [6, 6.07) is 6.10. The molecule has 0 aromatic carbocycles. The highest BCUT2D eigenvalue weighted by molar-refractivity contribution is 7.12. The number of nitrogen functional groups attached to an aromatic ring is 1. The van der Waals surface area contributed by atoms with E-state index in [9.17, 15) is 4.79 Å². The van der Waals surface area contributed by atoms with Crippen LogP contribution >= 0.6 is 11.3 Å². The Morgan fingerprint density at radius 1 is 1.31 bits per heavy atom. The average Bonchev–Trinajstić information content (AvgIpc) is 3.27. The Hall–Kier alpha value is -2.41. The minimum atomic E-state index is 0.0345. The van der Waals surface area contributed by atoms with Gasteiger partial charge >= 0.3 is 0 Å². The van der Waals surface area contributed by atoms with Gasteiger partial charge in [0.25, 0.3) is 5.91 Å². The van der Waals surface area contributed by atoms with Crippen molar-refractivity contribution in [1.82, 2.24) is 19.9 Å². The molecule has 6 nitrogen and oxygen atoms in total. The highest BCUT2D eigenvalue weighted by Gasteiger charge is 2.22. The van der Waals surface area contributed by atoms with Crippen molar-refractivity contribution in [3.8, 4) is 11.1 Å². The van der Waals surface area contributed by atoms with Crippen molar-refractivity contribution in [2.45, 2.75) is 45.1 Å². The number of nitrogens with zero attached hydrogens (tertiary/aromatic N) is 3. The predicted molar refractivity (Wildman–Crippen MR) is 104 cm³/mol. The third kappa shape index (κ3) is 3.44. The highest BCUT2D eigenvalue weighted by Crippen LogP contribution is 2.28. The lowest BCUT2D eigenvalue weighted by Gasteiger charge is -2.28. The van der Waals surface area contributed by atoms with Crippen molar-refractivity contribution in [3.05, 3.63) is 34.7 Å². The van der Waals surface area contributed by atoms with E-state index in [1.165, 1.54) is 30.6 Å². The number of nitrogens with one attached hydrogen (secondary N) is 1. The van der Waals surface area contributed by atoms with Crippen LogP contribution in [0.3, 0.4) is 0 Å². The van der Waals surface area contributed by atoms with Crippen molar-refractivity contribution in [1.29, 1.82) is 0 Å². The molecule has 4 rings (SSSR count). The lowest BCUT2D eigenvalue weighted by molar-refractivity contribution is 0.0926. The summed E-state index contributed by atoms with van der Waals surface area (Å²) in [5, 5.41) is 9.35. The second-order valence-electron chi connectivity index (χ2n) is 6.99. The lowest BCUT2D eigenvalue weighted by Crippen LogP contribution is -2.37. The third-order valence-corrected chi connectivity index (χ3v) is 6.19. The molecule has 3 N–H and O–H groups in total. The maximum atomic E-state index is 12.6. The molecule has 1 aliphatic rings. The minimum absolute atomic E-state index is 0.0345. The van der Waals surface area contributed by atoms with Crippen LogP contribution in [0.15, 0.2) is 29.8 Å². The van der Waals surface area contributed by atoms with Crippen LogP contribution in [0.1, 0.15) is 48.7 Å². The molecule has 1 amide bonds. The summed E-state index contributed by atoms with van der Waals surface area (Å²) in [5.74, 6) is 1.12. The summed E-state index contributed by atoms with van der Waals surface area (Å²) < 4.78 is 1.66. The number of aromatic nitrogens is 3. The second kappa shape index (κ2) is 7.07. The first-order chi connectivity index (χ1) is 12.6. The largest absolute Gasteiger partial charge is 0.366 e. The van der Waals surface area contributed by atoms with Crippen molar-refractivity contribution in [2.75, 3.05) is 5.73 Å². The van der Waals surface area contributed by atoms with E-state index in [-0.39, 0.29) is 11.9 Å². The van der Waals surface area contributed by atoms with Crippen LogP contribution in [0.2, 0.25) is 0 Å². The van der Waals surface area contributed by atoms with Gasteiger partial charge in [-0.3, -0.25) is 4.79 Å². The van der Waals surface area contributed by atoms with E-state index in [4.69, 9.17) is 5.73 Å². The fraction of sp³-hybridized carbons (Fsp3) is 0.421. The number of hydrogen-bond donors (Lipinski definition) is 2. The Balaban J connectivity index is 1.45. The molecule has 0 unspecified atom stereocenters. The molecule has 136 valence electrons. The normalized spacial score (nSPS) is 20.3. The highest BCUT2D eigenvalue weighted by atomic mass is 32.1. The standard InChI is InChI=1S/C19H23N5OS/c1-2-12-3-6-15(7-4-12)21-18(25)16-9-14(11-26-16)13-5-8-17-22-19(20)23-24(17)10-13/h5,8-12,15H,2-4,6-7H2,1H3,(H2,20,23)(H,21,25)/t12-,15-. The van der Waals surface area contributed by atoms with E-state index in [0.717, 1.165) is 34.8 Å². The number of hydrogen-bond acceptors (Lipinski definition) is 5. The molecule has 7 heteroatoms. The van der Waals surface area contributed by atoms with E-state index in [0.29, 0.717) is 11.7 Å². The Labute approximate surface area is 156 Å². The molecule has 0 bridgehead atoms. The topological polar surface area (TPSA) is 85.3 Å². The molecular formula is C19H23N5OS. The van der Waals surface area contributed by atoms with Crippen molar-refractivity contribution in [2.24, 2.45) is 5.92 Å². The van der Waals surface area contributed by atoms with Crippen LogP contribution < -0.4 is 11.1 Å². The van der Waals surface area contributed by atoms with Crippen LogP contribution in [-0.4, -0.2) is 26.5 Å². The average molecular weight is 369 g/mol. The van der Waals surface area contributed by atoms with Gasteiger partial charge in [-0.1, -0.05) is 13.3 Å². The molecular weight excluding hydrogens is 346 g/mol. The molecule has 0 atom stereocenters. The molecule has 3 heterocycles. The van der Waals surface area contributed by atoms with Crippen molar-refractivity contribution in [3.63, 3.8) is 0 Å². The molecule has 26 heavy (non-hydrogen) atoms. The molecule has 0 aliphatic heterocycles. The van der Waals surface area contributed by atoms with Crippen molar-refractivity contribution < 1.29 is 4.79 Å². The molecule has 0 saturated heterocycles. The number of anilines is 1. The molecule has 1 aliphatic carbocycles. The van der Waals surface area contributed by atoms with Gasteiger partial charge < -0.3 is 11.1 Å². The van der Waals surface area contributed by atoms with Gasteiger partial charge in [0.15, 0.2) is 5.65 Å². The number of amides is 1. The quantitative estimate of drug-likeness (QED) is 0.734. The number of thiophene rings is 1. The van der Waals surface area contributed by atoms with E-state index < -0.39 is 0 Å². The first kappa shape index (κ1) is 17.0. The monoisotopic (exact) mass is 369 g/mol. The van der Waals surface area contributed by atoms with Crippen LogP contribution in [0.4, 0.5) is 5.95 Å². The molecule has 1 saturated carbocycles. The first-order valence-electron chi connectivity index (χ1n) is 9.14. The third-order valence-electron chi connectivity index (χ3n) is 5.26. The number of rotatable bonds is 4. The molecule has 1 fully saturated rings. The van der Waals surface area contributed by atoms with Gasteiger partial charge in [-0.05, 0) is 60.7 Å². The number of carbonyl (C=O) groups excluding carboxylic acids is 1. The summed E-state index contributed by atoms with van der Waals surface area (Å²) in [7, 11) is 0. The van der Waals surface area contributed by atoms with Gasteiger partial charge in [-0.15, -0.1) is 16.4 Å². The predicted octanol–water partition coefficient (Wildman–Crippen LogP) is 3.74. The zero-order valence-electron chi connectivity index (χ0n) is 14.8. The summed E-state index contributed by atoms with van der Waals surface area (Å²) in [6.07, 6.45) is 7.75. The minimum Gasteiger partial charge on any atom is -0.366 e. The Bertz CT molecular complexity index is 923. The fourth-order valence-corrected chi connectivity index (χ4v) is 4.47. The zero-order valence-corrected chi connectivity index (χ0v) is 15.6. The number of nitrogens with two attached hydrogens (primary N) is 1. The van der Waals surface area contributed by atoms with E-state index in [2.05, 4.69) is 22.3 Å². The first-order valence-corrected chi connectivity index (χ1v) is 10.0. The fourth-order valence-electron chi connectivity index (χ4n) is 3.65. The van der Waals surface area contributed by atoms with Crippen LogP contribution in [0.5, 0.6) is 0 Å². The van der Waals surface area contributed by atoms with E-state index in [1.54, 1.807) is 4.52 Å². The number of carbonyl (C=O) groups is 1. The summed E-state index contributed by atoms with van der Waals surface area (Å²) >= 11 is 1.47. The molecule has 0 spiro atoms. The van der Waals surface area contributed by atoms with Gasteiger partial charge in [-0.25, -0.2) is 4.52 Å². The Kier molecular flexibility index (Phi) is 4.63. The maximum Gasteiger partial charge on any atom is 0.261 e. The molecule has 3 aromatic heterocycles. The van der Waals surface area contributed by atoms with Crippen LogP contribution in [0.25, 0.3) is 16.8 Å². The summed E-state index contributed by atoms with van der Waals surface area (Å²) in [4.78, 5) is 17.5. The molecule has 0 radical (unpaired) electrons. The zero-order chi connectivity index (χ0) is 18.1. The van der Waals surface area contributed by atoms with Gasteiger partial charge in [0.05, 0.1) is 4.88 Å². The van der Waals surface area contributed by atoms with Crippen LogP contribution in [0, 0.1) is 5.92 Å². The smallest absolute Gasteiger partial charge is 0.261 e. The van der Waals surface area contributed by atoms with E-state index >= 15 is 0 Å². The SMILES string of the molecule is CC[C@H]1CC[C@H](NC(=O)c2cc(-c3ccc4nc(N)nn4c3)cs2)CC1. The second-order valence-corrected chi connectivity index (χ2v) is 7.90. The van der Waals surface area contributed by atoms with Gasteiger partial charge in [0.1, 0.15) is 0 Å². The Morgan fingerprint density at radius 2 is 2.12 bits per heavy atom. The number of fused-ring (bicyclic) bond motifs is 1. The number of pyridine rings is 1. The van der Waals surface area contributed by atoms with Gasteiger partial charge in [-0.2, -0.15) is 4.98 Å².